The van der Waals surface area contributed by atoms with Crippen molar-refractivity contribution in [1.82, 2.24) is 5.32 Å². The quantitative estimate of drug-likeness (QED) is 0.787. The Morgan fingerprint density at radius 2 is 2.40 bits per heavy atom. The minimum atomic E-state index is -0.0934. The van der Waals surface area contributed by atoms with E-state index in [1.165, 1.54) is 11.3 Å². The van der Waals surface area contributed by atoms with Gasteiger partial charge in [-0.25, -0.2) is 0 Å². The van der Waals surface area contributed by atoms with Crippen LogP contribution in [0.5, 0.6) is 0 Å². The Morgan fingerprint density at radius 1 is 1.55 bits per heavy atom. The molecular formula is C14H19N3O2S. The molecule has 2 N–H and O–H groups in total. The molecule has 1 aromatic heterocycles. The maximum Gasteiger partial charge on any atom is 0.227 e. The molecule has 1 aromatic rings. The second-order valence-corrected chi connectivity index (χ2v) is 5.76. The van der Waals surface area contributed by atoms with E-state index in [0.29, 0.717) is 30.2 Å². The second-order valence-electron chi connectivity index (χ2n) is 4.66. The molecule has 6 heteroatoms. The molecule has 5 nitrogen and oxygen atoms in total. The Hall–Kier alpha value is -1.42. The van der Waals surface area contributed by atoms with E-state index in [2.05, 4.69) is 16.7 Å². The van der Waals surface area contributed by atoms with Crippen molar-refractivity contribution < 1.29 is 9.53 Å². The van der Waals surface area contributed by atoms with Gasteiger partial charge in [0.1, 0.15) is 11.1 Å². The number of carbonyl (C=O) groups is 1. The van der Waals surface area contributed by atoms with Crippen molar-refractivity contribution in [2.24, 2.45) is 0 Å². The molecule has 1 amide bonds. The molecule has 2 rings (SSSR count). The van der Waals surface area contributed by atoms with Crippen LogP contribution in [0.4, 0.5) is 5.00 Å². The van der Waals surface area contributed by atoms with Crippen molar-refractivity contribution in [3.05, 3.63) is 16.0 Å². The number of anilines is 1. The predicted octanol–water partition coefficient (Wildman–Crippen LogP) is 2.02. The zero-order valence-corrected chi connectivity index (χ0v) is 12.4. The molecular weight excluding hydrogens is 274 g/mol. The van der Waals surface area contributed by atoms with Crippen molar-refractivity contribution >= 4 is 22.2 Å². The summed E-state index contributed by atoms with van der Waals surface area (Å²) >= 11 is 1.50. The van der Waals surface area contributed by atoms with Gasteiger partial charge in [-0.3, -0.25) is 4.79 Å². The number of hydrogen-bond donors (Lipinski definition) is 2. The van der Waals surface area contributed by atoms with Gasteiger partial charge in [-0.15, -0.1) is 11.3 Å². The maximum atomic E-state index is 11.8. The minimum Gasteiger partial charge on any atom is -0.381 e. The van der Waals surface area contributed by atoms with Gasteiger partial charge in [0.2, 0.25) is 5.91 Å². The summed E-state index contributed by atoms with van der Waals surface area (Å²) in [6.07, 6.45) is 2.13. The molecule has 2 heterocycles. The first-order valence-corrected chi connectivity index (χ1v) is 7.70. The number of rotatable bonds is 6. The number of nitriles is 1. The third kappa shape index (κ3) is 3.57. The fourth-order valence-corrected chi connectivity index (χ4v) is 3.33. The molecule has 1 aliphatic rings. The third-order valence-corrected chi connectivity index (χ3v) is 4.26. The lowest BCUT2D eigenvalue weighted by atomic mass is 10.1. The van der Waals surface area contributed by atoms with E-state index in [9.17, 15) is 10.1 Å². The highest BCUT2D eigenvalue weighted by atomic mass is 32.1. The average molecular weight is 293 g/mol. The van der Waals surface area contributed by atoms with Crippen molar-refractivity contribution in [3.63, 3.8) is 0 Å². The zero-order valence-electron chi connectivity index (χ0n) is 11.6. The SMILES string of the molecule is CCCOCCC(=O)Nc1sc2c(c1C#N)CCNC2. The molecule has 108 valence electrons. The van der Waals surface area contributed by atoms with Crippen LogP contribution in [0.1, 0.15) is 35.8 Å². The Balaban J connectivity index is 1.97. The first-order chi connectivity index (χ1) is 9.76. The standard InChI is InChI=1S/C14H19N3O2S/c1-2-6-19-7-4-13(18)17-14-11(8-15)10-3-5-16-9-12(10)20-14/h16H,2-7,9H2,1H3,(H,17,18). The summed E-state index contributed by atoms with van der Waals surface area (Å²) in [5.74, 6) is -0.0934. The maximum absolute atomic E-state index is 11.8. The van der Waals surface area contributed by atoms with Gasteiger partial charge in [0.05, 0.1) is 18.6 Å². The van der Waals surface area contributed by atoms with Gasteiger partial charge in [0.15, 0.2) is 0 Å². The summed E-state index contributed by atoms with van der Waals surface area (Å²) in [6, 6.07) is 2.22. The Morgan fingerprint density at radius 3 is 3.15 bits per heavy atom. The van der Waals surface area contributed by atoms with E-state index in [4.69, 9.17) is 4.74 Å². The Bertz CT molecular complexity index is 519. The minimum absolute atomic E-state index is 0.0934. The normalized spacial score (nSPS) is 13.6. The molecule has 0 fully saturated rings. The number of nitrogens with one attached hydrogen (secondary N) is 2. The number of fused-ring (bicyclic) bond motifs is 1. The Labute approximate surface area is 122 Å². The van der Waals surface area contributed by atoms with Crippen LogP contribution in [0, 0.1) is 11.3 Å². The van der Waals surface area contributed by atoms with Gasteiger partial charge in [-0.2, -0.15) is 5.26 Å². The first kappa shape index (κ1) is 15.0. The lowest BCUT2D eigenvalue weighted by Gasteiger charge is -2.11. The topological polar surface area (TPSA) is 74.1 Å². The molecule has 20 heavy (non-hydrogen) atoms. The van der Waals surface area contributed by atoms with Gasteiger partial charge < -0.3 is 15.4 Å². The van der Waals surface area contributed by atoms with E-state index >= 15 is 0 Å². The molecule has 0 atom stereocenters. The monoisotopic (exact) mass is 293 g/mol. The number of nitrogens with zero attached hydrogens (tertiary/aromatic N) is 1. The highest BCUT2D eigenvalue weighted by molar-refractivity contribution is 7.16. The summed E-state index contributed by atoms with van der Waals surface area (Å²) in [5.41, 5.74) is 1.73. The lowest BCUT2D eigenvalue weighted by molar-refractivity contribution is -0.117. The molecule has 0 saturated carbocycles. The van der Waals surface area contributed by atoms with Gasteiger partial charge in [0.25, 0.3) is 0 Å². The van der Waals surface area contributed by atoms with Crippen LogP contribution in [-0.4, -0.2) is 25.7 Å². The van der Waals surface area contributed by atoms with Gasteiger partial charge in [0, 0.05) is 18.0 Å². The second kappa shape index (κ2) is 7.39. The molecule has 0 radical (unpaired) electrons. The average Bonchev–Trinajstić information content (AvgIpc) is 2.80. The Kier molecular flexibility index (Phi) is 5.53. The van der Waals surface area contributed by atoms with Crippen molar-refractivity contribution in [1.29, 1.82) is 5.26 Å². The molecule has 0 spiro atoms. The molecule has 0 unspecified atom stereocenters. The number of carbonyl (C=O) groups excluding carboxylic acids is 1. The first-order valence-electron chi connectivity index (χ1n) is 6.89. The van der Waals surface area contributed by atoms with Crippen LogP contribution < -0.4 is 10.6 Å². The van der Waals surface area contributed by atoms with Crippen molar-refractivity contribution in [2.45, 2.75) is 32.7 Å². The van der Waals surface area contributed by atoms with E-state index in [-0.39, 0.29) is 5.91 Å². The van der Waals surface area contributed by atoms with Gasteiger partial charge in [-0.1, -0.05) is 6.92 Å². The summed E-state index contributed by atoms with van der Waals surface area (Å²) in [4.78, 5) is 13.0. The van der Waals surface area contributed by atoms with Crippen LogP contribution in [0.25, 0.3) is 0 Å². The molecule has 0 aromatic carbocycles. The summed E-state index contributed by atoms with van der Waals surface area (Å²) in [5, 5.41) is 16.1. The molecule has 1 aliphatic heterocycles. The number of thiophene rings is 1. The van der Waals surface area contributed by atoms with Crippen LogP contribution in [0.15, 0.2) is 0 Å². The van der Waals surface area contributed by atoms with Crippen molar-refractivity contribution in [3.8, 4) is 6.07 Å². The van der Waals surface area contributed by atoms with Gasteiger partial charge >= 0.3 is 0 Å². The van der Waals surface area contributed by atoms with Crippen LogP contribution in [0.2, 0.25) is 0 Å². The molecule has 0 aliphatic carbocycles. The smallest absolute Gasteiger partial charge is 0.227 e. The van der Waals surface area contributed by atoms with Crippen LogP contribution >= 0.6 is 11.3 Å². The van der Waals surface area contributed by atoms with Crippen LogP contribution in [-0.2, 0) is 22.5 Å². The summed E-state index contributed by atoms with van der Waals surface area (Å²) < 4.78 is 5.30. The lowest BCUT2D eigenvalue weighted by Crippen LogP contribution is -2.22. The highest BCUT2D eigenvalue weighted by Gasteiger charge is 2.21. The van der Waals surface area contributed by atoms with E-state index in [0.717, 1.165) is 36.4 Å². The summed E-state index contributed by atoms with van der Waals surface area (Å²) in [7, 11) is 0. The molecule has 0 saturated heterocycles. The number of ether oxygens (including phenoxy) is 1. The van der Waals surface area contributed by atoms with Gasteiger partial charge in [-0.05, 0) is 24.9 Å². The largest absolute Gasteiger partial charge is 0.381 e. The fourth-order valence-electron chi connectivity index (χ4n) is 2.14. The molecule has 0 bridgehead atoms. The van der Waals surface area contributed by atoms with Crippen LogP contribution in [0.3, 0.4) is 0 Å². The highest BCUT2D eigenvalue weighted by Crippen LogP contribution is 2.34. The summed E-state index contributed by atoms with van der Waals surface area (Å²) in [6.45, 7) is 4.80. The van der Waals surface area contributed by atoms with E-state index < -0.39 is 0 Å². The zero-order chi connectivity index (χ0) is 14.4. The predicted molar refractivity (Wildman–Crippen MR) is 78.8 cm³/mol. The number of hydrogen-bond acceptors (Lipinski definition) is 5. The fraction of sp³-hybridized carbons (Fsp3) is 0.571. The third-order valence-electron chi connectivity index (χ3n) is 3.11. The van der Waals surface area contributed by atoms with Crippen molar-refractivity contribution in [2.75, 3.05) is 25.1 Å². The number of amides is 1. The van der Waals surface area contributed by atoms with E-state index in [1.54, 1.807) is 0 Å². The van der Waals surface area contributed by atoms with E-state index in [1.807, 2.05) is 6.92 Å².